The largest absolute Gasteiger partial charge is 0.444 e. The summed E-state index contributed by atoms with van der Waals surface area (Å²) in [7, 11) is 0. The molecule has 4 nitrogen and oxygen atoms in total. The topological polar surface area (TPSA) is 49.8 Å². The molecule has 1 saturated heterocycles. The summed E-state index contributed by atoms with van der Waals surface area (Å²) >= 11 is 0. The third-order valence-corrected chi connectivity index (χ3v) is 3.96. The molecule has 0 radical (unpaired) electrons. The van der Waals surface area contributed by atoms with Gasteiger partial charge in [-0.2, -0.15) is 13.2 Å². The molecule has 140 valence electrons. The molecule has 1 heterocycles. The van der Waals surface area contributed by atoms with Crippen molar-refractivity contribution in [2.45, 2.75) is 51.0 Å². The fourth-order valence-electron chi connectivity index (χ4n) is 2.80. The van der Waals surface area contributed by atoms with Gasteiger partial charge in [-0.1, -0.05) is 6.07 Å². The summed E-state index contributed by atoms with van der Waals surface area (Å²) in [6, 6.07) is 2.72. The van der Waals surface area contributed by atoms with E-state index in [9.17, 15) is 27.5 Å². The van der Waals surface area contributed by atoms with E-state index in [1.165, 1.54) is 11.0 Å². The number of β-amino-alcohol motifs (C(OH)–C–C–N with tert-alkyl or cyclic N) is 1. The number of aliphatic hydroxyl groups excluding tert-OH is 1. The zero-order valence-electron chi connectivity index (χ0n) is 14.2. The van der Waals surface area contributed by atoms with Crippen molar-refractivity contribution in [3.63, 3.8) is 0 Å². The van der Waals surface area contributed by atoms with Gasteiger partial charge in [-0.3, -0.25) is 0 Å². The van der Waals surface area contributed by atoms with E-state index in [-0.39, 0.29) is 25.1 Å². The van der Waals surface area contributed by atoms with E-state index < -0.39 is 41.3 Å². The summed E-state index contributed by atoms with van der Waals surface area (Å²) < 4.78 is 57.2. The maximum Gasteiger partial charge on any atom is 0.419 e. The molecule has 1 amide bonds. The zero-order chi connectivity index (χ0) is 19.0. The second-order valence-electron chi connectivity index (χ2n) is 7.13. The number of piperidine rings is 1. The van der Waals surface area contributed by atoms with E-state index in [2.05, 4.69) is 0 Å². The Hall–Kier alpha value is -1.83. The first-order valence-corrected chi connectivity index (χ1v) is 7.91. The number of carbonyl (C=O) groups excluding carboxylic acids is 1. The second kappa shape index (κ2) is 6.82. The van der Waals surface area contributed by atoms with Crippen molar-refractivity contribution in [2.24, 2.45) is 0 Å². The molecule has 25 heavy (non-hydrogen) atoms. The molecule has 1 fully saturated rings. The van der Waals surface area contributed by atoms with Gasteiger partial charge in [0.05, 0.1) is 18.2 Å². The van der Waals surface area contributed by atoms with Gasteiger partial charge in [0.2, 0.25) is 0 Å². The monoisotopic (exact) mass is 363 g/mol. The summed E-state index contributed by atoms with van der Waals surface area (Å²) in [5.74, 6) is -1.96. The van der Waals surface area contributed by atoms with Crippen molar-refractivity contribution in [2.75, 3.05) is 13.1 Å². The van der Waals surface area contributed by atoms with Crippen LogP contribution in [0.25, 0.3) is 0 Å². The minimum atomic E-state index is -4.80. The molecule has 8 heteroatoms. The summed E-state index contributed by atoms with van der Waals surface area (Å²) in [6.45, 7) is 5.31. The number of ether oxygens (including phenoxy) is 1. The number of benzene rings is 1. The van der Waals surface area contributed by atoms with E-state index in [1.54, 1.807) is 20.8 Å². The Morgan fingerprint density at radius 3 is 2.44 bits per heavy atom. The van der Waals surface area contributed by atoms with E-state index in [4.69, 9.17) is 4.74 Å². The maximum absolute atomic E-state index is 13.4. The normalized spacial score (nSPS) is 22.0. The van der Waals surface area contributed by atoms with Crippen LogP contribution in [0.1, 0.15) is 44.2 Å². The predicted molar refractivity (Wildman–Crippen MR) is 82.6 cm³/mol. The Labute approximate surface area is 143 Å². The van der Waals surface area contributed by atoms with E-state index >= 15 is 0 Å². The molecule has 1 aliphatic heterocycles. The number of rotatable bonds is 1. The first-order valence-electron chi connectivity index (χ1n) is 7.91. The number of alkyl halides is 3. The molecular weight excluding hydrogens is 342 g/mol. The van der Waals surface area contributed by atoms with Crippen LogP contribution in [0.4, 0.5) is 22.4 Å². The van der Waals surface area contributed by atoms with Crippen LogP contribution in [0.2, 0.25) is 0 Å². The summed E-state index contributed by atoms with van der Waals surface area (Å²) in [5.41, 5.74) is -1.84. The van der Waals surface area contributed by atoms with Crippen LogP contribution in [0, 0.1) is 5.82 Å². The van der Waals surface area contributed by atoms with Crippen LogP contribution < -0.4 is 0 Å². The van der Waals surface area contributed by atoms with E-state index in [0.29, 0.717) is 0 Å². The van der Waals surface area contributed by atoms with E-state index in [1.807, 2.05) is 0 Å². The number of carbonyl (C=O) groups is 1. The van der Waals surface area contributed by atoms with Crippen LogP contribution in [0.15, 0.2) is 18.2 Å². The highest BCUT2D eigenvalue weighted by molar-refractivity contribution is 5.68. The van der Waals surface area contributed by atoms with Gasteiger partial charge in [-0.05, 0) is 44.9 Å². The molecule has 1 N–H and O–H groups in total. The van der Waals surface area contributed by atoms with Gasteiger partial charge in [-0.25, -0.2) is 9.18 Å². The smallest absolute Gasteiger partial charge is 0.419 e. The van der Waals surface area contributed by atoms with Crippen LogP contribution in [0.3, 0.4) is 0 Å². The van der Waals surface area contributed by atoms with Gasteiger partial charge in [0.15, 0.2) is 0 Å². The van der Waals surface area contributed by atoms with Crippen LogP contribution >= 0.6 is 0 Å². The summed E-state index contributed by atoms with van der Waals surface area (Å²) in [5, 5.41) is 10.3. The highest BCUT2D eigenvalue weighted by Gasteiger charge is 2.37. The fraction of sp³-hybridized carbons (Fsp3) is 0.588. The minimum Gasteiger partial charge on any atom is -0.444 e. The lowest BCUT2D eigenvalue weighted by molar-refractivity contribution is -0.140. The summed E-state index contributed by atoms with van der Waals surface area (Å²) in [4.78, 5) is 13.3. The van der Waals surface area contributed by atoms with Crippen molar-refractivity contribution >= 4 is 6.09 Å². The Bertz CT molecular complexity index is 640. The Morgan fingerprint density at radius 1 is 1.28 bits per heavy atom. The molecule has 0 aliphatic carbocycles. The lowest BCUT2D eigenvalue weighted by Gasteiger charge is -2.37. The third kappa shape index (κ3) is 4.84. The molecule has 0 bridgehead atoms. The van der Waals surface area contributed by atoms with Crippen molar-refractivity contribution in [3.05, 3.63) is 35.1 Å². The number of hydrogen-bond donors (Lipinski definition) is 1. The number of nitrogens with zero attached hydrogens (tertiary/aromatic N) is 1. The zero-order valence-corrected chi connectivity index (χ0v) is 14.2. The van der Waals surface area contributed by atoms with Crippen LogP contribution in [-0.2, 0) is 10.9 Å². The second-order valence-corrected chi connectivity index (χ2v) is 7.13. The van der Waals surface area contributed by atoms with Crippen molar-refractivity contribution in [3.8, 4) is 0 Å². The molecule has 2 atom stereocenters. The Morgan fingerprint density at radius 2 is 1.92 bits per heavy atom. The van der Waals surface area contributed by atoms with Gasteiger partial charge >= 0.3 is 12.3 Å². The molecule has 1 aromatic carbocycles. The summed E-state index contributed by atoms with van der Waals surface area (Å²) in [6.07, 6.45) is -6.20. The highest BCUT2D eigenvalue weighted by Crippen LogP contribution is 2.36. The van der Waals surface area contributed by atoms with Gasteiger partial charge < -0.3 is 14.7 Å². The first-order chi connectivity index (χ1) is 11.4. The third-order valence-electron chi connectivity index (χ3n) is 3.96. The van der Waals surface area contributed by atoms with Crippen molar-refractivity contribution in [1.82, 2.24) is 4.90 Å². The molecule has 0 saturated carbocycles. The highest BCUT2D eigenvalue weighted by atomic mass is 19.4. The Balaban J connectivity index is 2.13. The molecule has 0 aromatic heterocycles. The van der Waals surface area contributed by atoms with E-state index in [0.717, 1.165) is 12.1 Å². The number of likely N-dealkylation sites (tertiary alicyclic amines) is 1. The first kappa shape index (κ1) is 19.5. The molecule has 0 spiro atoms. The Kier molecular flexibility index (Phi) is 5.32. The van der Waals surface area contributed by atoms with Crippen LogP contribution in [-0.4, -0.2) is 40.9 Å². The van der Waals surface area contributed by atoms with Gasteiger partial charge in [-0.15, -0.1) is 0 Å². The van der Waals surface area contributed by atoms with Crippen molar-refractivity contribution < 1.29 is 32.2 Å². The number of aliphatic hydroxyl groups is 1. The fourth-order valence-corrected chi connectivity index (χ4v) is 2.80. The molecule has 1 aromatic rings. The average molecular weight is 363 g/mol. The SMILES string of the molecule is CC(C)(C)OC(=O)N1CC[C@H](c2ccc(F)c(C(F)(F)F)c2)[C@@H](O)C1. The van der Waals surface area contributed by atoms with Crippen molar-refractivity contribution in [1.29, 1.82) is 0 Å². The molecular formula is C17H21F4NO3. The van der Waals surface area contributed by atoms with Gasteiger partial charge in [0.1, 0.15) is 11.4 Å². The predicted octanol–water partition coefficient (Wildman–Crippen LogP) is 3.93. The van der Waals surface area contributed by atoms with Gasteiger partial charge in [0, 0.05) is 12.5 Å². The maximum atomic E-state index is 13.4. The number of hydrogen-bond acceptors (Lipinski definition) is 3. The lowest BCUT2D eigenvalue weighted by atomic mass is 9.86. The molecule has 2 rings (SSSR count). The average Bonchev–Trinajstić information content (AvgIpc) is 2.45. The number of amides is 1. The van der Waals surface area contributed by atoms with Crippen LogP contribution in [0.5, 0.6) is 0 Å². The standard InChI is InChI=1S/C17H21F4NO3/c1-16(2,3)25-15(24)22-7-6-11(14(23)9-22)10-4-5-13(18)12(8-10)17(19,20)21/h4-5,8,11,14,23H,6-7,9H2,1-3H3/t11-,14+/m1/s1. The quantitative estimate of drug-likeness (QED) is 0.769. The lowest BCUT2D eigenvalue weighted by Crippen LogP contribution is -2.47. The molecule has 1 aliphatic rings. The molecule has 0 unspecified atom stereocenters. The number of halogens is 4. The van der Waals surface area contributed by atoms with Gasteiger partial charge in [0.25, 0.3) is 0 Å². The minimum absolute atomic E-state index is 0.0572.